The number of hydrogen-bond acceptors (Lipinski definition) is 5. The molecule has 3 N–H and O–H groups in total. The summed E-state index contributed by atoms with van der Waals surface area (Å²) in [6.07, 6.45) is 0. The van der Waals surface area contributed by atoms with E-state index in [-0.39, 0.29) is 11.3 Å². The van der Waals surface area contributed by atoms with Crippen molar-refractivity contribution in [3.63, 3.8) is 0 Å². The number of aromatic amines is 1. The number of rotatable bonds is 4. The molecular weight excluding hydrogens is 348 g/mol. The Bertz CT molecular complexity index is 1120. The summed E-state index contributed by atoms with van der Waals surface area (Å²) in [6.45, 7) is 1.44. The fourth-order valence-electron chi connectivity index (χ4n) is 2.51. The predicted molar refractivity (Wildman–Crippen MR) is 100 cm³/mol. The molecule has 0 saturated carbocycles. The van der Waals surface area contributed by atoms with Gasteiger partial charge in [0, 0.05) is 5.56 Å². The Balaban J connectivity index is 2.00. The molecule has 0 aliphatic rings. The molecule has 1 amide bonds. The first-order valence-corrected chi connectivity index (χ1v) is 8.03. The van der Waals surface area contributed by atoms with Crippen molar-refractivity contribution in [2.45, 2.75) is 6.92 Å². The first kappa shape index (κ1) is 17.9. The molecule has 8 nitrogen and oxygen atoms in total. The minimum atomic E-state index is -0.806. The maximum absolute atomic E-state index is 12.2. The zero-order valence-corrected chi connectivity index (χ0v) is 14.3. The van der Waals surface area contributed by atoms with Crippen LogP contribution < -0.4 is 16.7 Å². The molecule has 1 heterocycles. The smallest absolute Gasteiger partial charge is 0.335 e. The van der Waals surface area contributed by atoms with Crippen molar-refractivity contribution in [2.75, 3.05) is 0 Å². The summed E-state index contributed by atoms with van der Waals surface area (Å²) in [4.78, 5) is 38.5. The van der Waals surface area contributed by atoms with Gasteiger partial charge in [-0.2, -0.15) is 5.10 Å². The summed E-state index contributed by atoms with van der Waals surface area (Å²) in [5.74, 6) is -1.03. The van der Waals surface area contributed by atoms with Crippen LogP contribution in [-0.4, -0.2) is 26.3 Å². The van der Waals surface area contributed by atoms with Gasteiger partial charge in [-0.1, -0.05) is 36.4 Å². The maximum atomic E-state index is 12.2. The molecule has 27 heavy (non-hydrogen) atoms. The standard InChI is InChI=1S/C19H16N4O4/c1-12(21-22-16(24)13-8-4-2-5-9-13)15-17(25)20-19(27)23(18(15)26)14-10-6-3-7-11-14/h2-11,26H,1H3,(H,22,24)(H,20,25,27)/b21-12+. The number of H-pyrrole nitrogens is 1. The van der Waals surface area contributed by atoms with Crippen LogP contribution in [0, 0.1) is 0 Å². The lowest BCUT2D eigenvalue weighted by Gasteiger charge is -2.11. The van der Waals surface area contributed by atoms with Crippen LogP contribution in [0.5, 0.6) is 5.88 Å². The minimum absolute atomic E-state index is 0.0442. The van der Waals surface area contributed by atoms with Crippen LogP contribution in [0.1, 0.15) is 22.8 Å². The van der Waals surface area contributed by atoms with E-state index in [1.165, 1.54) is 6.92 Å². The normalized spacial score (nSPS) is 11.2. The van der Waals surface area contributed by atoms with Crippen molar-refractivity contribution < 1.29 is 9.90 Å². The van der Waals surface area contributed by atoms with Gasteiger partial charge in [0.25, 0.3) is 11.5 Å². The van der Waals surface area contributed by atoms with Gasteiger partial charge >= 0.3 is 5.69 Å². The van der Waals surface area contributed by atoms with E-state index in [9.17, 15) is 19.5 Å². The Kier molecular flexibility index (Phi) is 4.98. The highest BCUT2D eigenvalue weighted by molar-refractivity contribution is 6.02. The Hall–Kier alpha value is -3.94. The van der Waals surface area contributed by atoms with E-state index in [1.807, 2.05) is 0 Å². The first-order valence-electron chi connectivity index (χ1n) is 8.03. The van der Waals surface area contributed by atoms with E-state index in [4.69, 9.17) is 0 Å². The van der Waals surface area contributed by atoms with E-state index in [2.05, 4.69) is 15.5 Å². The number of hydrazone groups is 1. The Morgan fingerprint density at radius 2 is 1.63 bits per heavy atom. The van der Waals surface area contributed by atoms with Gasteiger partial charge in [0.2, 0.25) is 5.88 Å². The van der Waals surface area contributed by atoms with E-state index in [0.717, 1.165) is 4.57 Å². The lowest BCUT2D eigenvalue weighted by Crippen LogP contribution is -2.33. The molecule has 8 heteroatoms. The number of aromatic nitrogens is 2. The van der Waals surface area contributed by atoms with E-state index in [1.54, 1.807) is 60.7 Å². The van der Waals surface area contributed by atoms with Gasteiger partial charge in [0.1, 0.15) is 5.56 Å². The Morgan fingerprint density at radius 1 is 1.04 bits per heavy atom. The van der Waals surface area contributed by atoms with Crippen LogP contribution in [0.3, 0.4) is 0 Å². The summed E-state index contributed by atoms with van der Waals surface area (Å²) in [6, 6.07) is 16.7. The van der Waals surface area contributed by atoms with E-state index >= 15 is 0 Å². The molecule has 0 unspecified atom stereocenters. The zero-order valence-electron chi connectivity index (χ0n) is 14.3. The molecule has 3 rings (SSSR count). The highest BCUT2D eigenvalue weighted by atomic mass is 16.3. The lowest BCUT2D eigenvalue weighted by molar-refractivity contribution is 0.0955. The molecule has 0 fully saturated rings. The lowest BCUT2D eigenvalue weighted by atomic mass is 10.2. The molecule has 0 saturated heterocycles. The molecule has 136 valence electrons. The van der Waals surface area contributed by atoms with Gasteiger partial charge in [-0.15, -0.1) is 0 Å². The fourth-order valence-corrected chi connectivity index (χ4v) is 2.51. The number of hydrogen-bond donors (Lipinski definition) is 3. The Morgan fingerprint density at radius 3 is 2.26 bits per heavy atom. The molecule has 0 radical (unpaired) electrons. The largest absolute Gasteiger partial charge is 0.493 e. The number of amides is 1. The van der Waals surface area contributed by atoms with Gasteiger partial charge in [-0.05, 0) is 31.2 Å². The SMILES string of the molecule is C/C(=N\NC(=O)c1ccccc1)c1c(O)n(-c2ccccc2)c(=O)[nH]c1=O. The van der Waals surface area contributed by atoms with Gasteiger partial charge in [0.15, 0.2) is 0 Å². The van der Waals surface area contributed by atoms with Gasteiger partial charge < -0.3 is 5.11 Å². The molecule has 2 aromatic carbocycles. The average molecular weight is 364 g/mol. The van der Waals surface area contributed by atoms with Crippen LogP contribution >= 0.6 is 0 Å². The Labute approximate surface area is 153 Å². The third-order valence-corrected chi connectivity index (χ3v) is 3.82. The molecule has 1 aromatic heterocycles. The van der Waals surface area contributed by atoms with Crippen LogP contribution in [0.25, 0.3) is 5.69 Å². The number of aromatic hydroxyl groups is 1. The van der Waals surface area contributed by atoms with Crippen molar-refractivity contribution in [1.29, 1.82) is 0 Å². The van der Waals surface area contributed by atoms with E-state index in [0.29, 0.717) is 11.3 Å². The number of para-hydroxylation sites is 1. The van der Waals surface area contributed by atoms with Gasteiger partial charge in [-0.25, -0.2) is 14.8 Å². The second-order valence-corrected chi connectivity index (χ2v) is 5.63. The molecule has 0 bridgehead atoms. The molecule has 0 atom stereocenters. The van der Waals surface area contributed by atoms with Crippen molar-refractivity contribution in [2.24, 2.45) is 5.10 Å². The van der Waals surface area contributed by atoms with Crippen molar-refractivity contribution >= 4 is 11.6 Å². The number of nitrogens with zero attached hydrogens (tertiary/aromatic N) is 2. The minimum Gasteiger partial charge on any atom is -0.493 e. The van der Waals surface area contributed by atoms with Crippen LogP contribution in [0.15, 0.2) is 75.4 Å². The summed E-state index contributed by atoms with van der Waals surface area (Å²) < 4.78 is 0.953. The highest BCUT2D eigenvalue weighted by Crippen LogP contribution is 2.16. The summed E-state index contributed by atoms with van der Waals surface area (Å²) in [5, 5.41) is 14.4. The van der Waals surface area contributed by atoms with Crippen LogP contribution in [-0.2, 0) is 0 Å². The van der Waals surface area contributed by atoms with Gasteiger partial charge in [-0.3, -0.25) is 14.6 Å². The second-order valence-electron chi connectivity index (χ2n) is 5.63. The number of nitrogens with one attached hydrogen (secondary N) is 2. The molecule has 0 spiro atoms. The van der Waals surface area contributed by atoms with E-state index < -0.39 is 23.0 Å². The second kappa shape index (κ2) is 7.52. The van der Waals surface area contributed by atoms with Crippen LogP contribution in [0.2, 0.25) is 0 Å². The molecule has 0 aliphatic carbocycles. The number of benzene rings is 2. The third-order valence-electron chi connectivity index (χ3n) is 3.82. The number of carbonyl (C=O) groups excluding carboxylic acids is 1. The average Bonchev–Trinajstić information content (AvgIpc) is 2.67. The number of carbonyl (C=O) groups is 1. The van der Waals surface area contributed by atoms with Crippen molar-refractivity contribution in [1.82, 2.24) is 15.0 Å². The monoisotopic (exact) mass is 364 g/mol. The predicted octanol–water partition coefficient (Wildman–Crippen LogP) is 1.39. The summed E-state index contributed by atoms with van der Waals surface area (Å²) in [7, 11) is 0. The van der Waals surface area contributed by atoms with Crippen LogP contribution in [0.4, 0.5) is 0 Å². The third kappa shape index (κ3) is 3.69. The first-order chi connectivity index (χ1) is 13.0. The summed E-state index contributed by atoms with van der Waals surface area (Å²) >= 11 is 0. The zero-order chi connectivity index (χ0) is 19.4. The maximum Gasteiger partial charge on any atom is 0.335 e. The summed E-state index contributed by atoms with van der Waals surface area (Å²) in [5.41, 5.74) is 1.33. The topological polar surface area (TPSA) is 117 Å². The molecule has 0 aliphatic heterocycles. The molecular formula is C19H16N4O4. The van der Waals surface area contributed by atoms with Crippen molar-refractivity contribution in [3.05, 3.63) is 92.6 Å². The van der Waals surface area contributed by atoms with Gasteiger partial charge in [0.05, 0.1) is 11.4 Å². The van der Waals surface area contributed by atoms with Crippen molar-refractivity contribution in [3.8, 4) is 11.6 Å². The fraction of sp³-hybridized carbons (Fsp3) is 0.0526. The highest BCUT2D eigenvalue weighted by Gasteiger charge is 2.18. The quantitative estimate of drug-likeness (QED) is 0.479. The molecule has 3 aromatic rings.